The summed E-state index contributed by atoms with van der Waals surface area (Å²) in [5.41, 5.74) is 1.61. The molecule has 2 atom stereocenters. The van der Waals surface area contributed by atoms with Crippen LogP contribution in [0.25, 0.3) is 0 Å². The van der Waals surface area contributed by atoms with Gasteiger partial charge in [-0.25, -0.2) is 4.39 Å². The second-order valence-corrected chi connectivity index (χ2v) is 6.34. The summed E-state index contributed by atoms with van der Waals surface area (Å²) in [6.45, 7) is 3.72. The lowest BCUT2D eigenvalue weighted by atomic mass is 9.97. The Morgan fingerprint density at radius 3 is 2.08 bits per heavy atom. The van der Waals surface area contributed by atoms with Crippen molar-refractivity contribution in [1.82, 2.24) is 5.32 Å². The number of halogens is 1. The molecule has 0 aliphatic rings. The average Bonchev–Trinajstić information content (AvgIpc) is 2.60. The summed E-state index contributed by atoms with van der Waals surface area (Å²) < 4.78 is 18.4. The Balaban J connectivity index is 2.25. The second kappa shape index (κ2) is 8.62. The number of methoxy groups -OCH3 is 1. The van der Waals surface area contributed by atoms with Gasteiger partial charge in [-0.3, -0.25) is 4.79 Å². The van der Waals surface area contributed by atoms with Crippen molar-refractivity contribution < 1.29 is 19.0 Å². The molecule has 0 radical (unpaired) electrons. The molecule has 0 aliphatic heterocycles. The van der Waals surface area contributed by atoms with Gasteiger partial charge in [0, 0.05) is 0 Å². The molecule has 2 N–H and O–H groups in total. The molecule has 2 unspecified atom stereocenters. The Kier molecular flexibility index (Phi) is 6.53. The lowest BCUT2D eigenvalue weighted by Gasteiger charge is -2.22. The topological polar surface area (TPSA) is 58.6 Å². The minimum absolute atomic E-state index is 0.00370. The number of hydrogen-bond donors (Lipinski definition) is 2. The Labute approximate surface area is 147 Å². The fraction of sp³-hybridized carbons (Fsp3) is 0.350. The van der Waals surface area contributed by atoms with E-state index in [4.69, 9.17) is 4.74 Å². The number of aliphatic hydroxyl groups excluding tert-OH is 1. The van der Waals surface area contributed by atoms with Gasteiger partial charge in [0.2, 0.25) is 5.91 Å². The summed E-state index contributed by atoms with van der Waals surface area (Å²) in [7, 11) is 1.58. The monoisotopic (exact) mass is 345 g/mol. The molecule has 0 heterocycles. The first-order valence-electron chi connectivity index (χ1n) is 8.27. The van der Waals surface area contributed by atoms with Crippen molar-refractivity contribution in [3.05, 3.63) is 65.5 Å². The number of carbonyl (C=O) groups excluding carboxylic acids is 1. The molecule has 0 saturated heterocycles. The molecule has 25 heavy (non-hydrogen) atoms. The fourth-order valence-corrected chi connectivity index (χ4v) is 2.46. The smallest absolute Gasteiger partial charge is 0.223 e. The molecule has 2 rings (SSSR count). The van der Waals surface area contributed by atoms with Crippen molar-refractivity contribution in [2.75, 3.05) is 7.11 Å². The third-order valence-electron chi connectivity index (χ3n) is 4.12. The summed E-state index contributed by atoms with van der Waals surface area (Å²) in [6.07, 6.45) is -0.685. The molecule has 134 valence electrons. The molecule has 2 aromatic carbocycles. The molecule has 0 aromatic heterocycles. The zero-order valence-electron chi connectivity index (χ0n) is 14.7. The number of benzene rings is 2. The predicted molar refractivity (Wildman–Crippen MR) is 94.8 cm³/mol. The van der Waals surface area contributed by atoms with Crippen LogP contribution in [0.3, 0.4) is 0 Å². The summed E-state index contributed by atoms with van der Waals surface area (Å²) in [6, 6.07) is 12.9. The molecule has 5 heteroatoms. The van der Waals surface area contributed by atoms with Crippen LogP contribution in [0.2, 0.25) is 0 Å². The maximum Gasteiger partial charge on any atom is 0.223 e. The number of nitrogens with one attached hydrogen (secondary N) is 1. The van der Waals surface area contributed by atoms with Crippen molar-refractivity contribution >= 4 is 5.91 Å². The normalized spacial score (nSPS) is 13.4. The second-order valence-electron chi connectivity index (χ2n) is 6.34. The number of rotatable bonds is 7. The van der Waals surface area contributed by atoms with Crippen LogP contribution in [-0.2, 0) is 4.79 Å². The molecule has 0 saturated carbocycles. The maximum atomic E-state index is 13.2. The average molecular weight is 345 g/mol. The first-order valence-corrected chi connectivity index (χ1v) is 8.27. The quantitative estimate of drug-likeness (QED) is 0.808. The van der Waals surface area contributed by atoms with E-state index in [0.29, 0.717) is 5.75 Å². The van der Waals surface area contributed by atoms with E-state index in [1.165, 1.54) is 12.1 Å². The molecule has 2 aromatic rings. The highest BCUT2D eigenvalue weighted by Gasteiger charge is 2.20. The standard InChI is InChI=1S/C20H24FNO3/c1-13(2)18(23)12-19(24)22-20(14-4-8-16(21)9-5-14)15-6-10-17(25-3)11-7-15/h4-11,13,18,20,23H,12H2,1-3H3,(H,22,24). The number of carbonyl (C=O) groups is 1. The van der Waals surface area contributed by atoms with Gasteiger partial charge in [-0.2, -0.15) is 0 Å². The molecule has 0 bridgehead atoms. The number of hydrogen-bond acceptors (Lipinski definition) is 3. The summed E-state index contributed by atoms with van der Waals surface area (Å²) in [5, 5.41) is 12.9. The van der Waals surface area contributed by atoms with Gasteiger partial charge in [-0.05, 0) is 41.3 Å². The third-order valence-corrected chi connectivity index (χ3v) is 4.12. The van der Waals surface area contributed by atoms with Crippen LogP contribution >= 0.6 is 0 Å². The van der Waals surface area contributed by atoms with Gasteiger partial charge >= 0.3 is 0 Å². The largest absolute Gasteiger partial charge is 0.497 e. The number of amides is 1. The van der Waals surface area contributed by atoms with E-state index in [1.807, 2.05) is 26.0 Å². The highest BCUT2D eigenvalue weighted by atomic mass is 19.1. The highest BCUT2D eigenvalue weighted by molar-refractivity contribution is 5.77. The van der Waals surface area contributed by atoms with Crippen molar-refractivity contribution in [2.45, 2.75) is 32.4 Å². The van der Waals surface area contributed by atoms with Crippen LogP contribution in [0.1, 0.15) is 37.4 Å². The Bertz CT molecular complexity index is 683. The van der Waals surface area contributed by atoms with Crippen LogP contribution in [0, 0.1) is 11.7 Å². The van der Waals surface area contributed by atoms with Gasteiger partial charge in [0.1, 0.15) is 11.6 Å². The van der Waals surface area contributed by atoms with Gasteiger partial charge < -0.3 is 15.2 Å². The minimum atomic E-state index is -0.704. The van der Waals surface area contributed by atoms with E-state index in [9.17, 15) is 14.3 Å². The minimum Gasteiger partial charge on any atom is -0.497 e. The van der Waals surface area contributed by atoms with Gasteiger partial charge in [0.15, 0.2) is 0 Å². The Hall–Kier alpha value is -2.40. The molecule has 0 spiro atoms. The molecule has 0 fully saturated rings. The van der Waals surface area contributed by atoms with E-state index in [-0.39, 0.29) is 24.1 Å². The van der Waals surface area contributed by atoms with Crippen LogP contribution in [0.5, 0.6) is 5.75 Å². The third kappa shape index (κ3) is 5.29. The van der Waals surface area contributed by atoms with E-state index in [2.05, 4.69) is 5.32 Å². The van der Waals surface area contributed by atoms with Gasteiger partial charge in [0.25, 0.3) is 0 Å². The predicted octanol–water partition coefficient (Wildman–Crippen LogP) is 3.45. The van der Waals surface area contributed by atoms with E-state index < -0.39 is 12.1 Å². The SMILES string of the molecule is COc1ccc(C(NC(=O)CC(O)C(C)C)c2ccc(F)cc2)cc1. The Morgan fingerprint density at radius 1 is 1.08 bits per heavy atom. The van der Waals surface area contributed by atoms with Crippen molar-refractivity contribution in [1.29, 1.82) is 0 Å². The summed E-state index contributed by atoms with van der Waals surface area (Å²) >= 11 is 0. The van der Waals surface area contributed by atoms with E-state index in [1.54, 1.807) is 31.4 Å². The van der Waals surface area contributed by atoms with E-state index >= 15 is 0 Å². The zero-order valence-corrected chi connectivity index (χ0v) is 14.7. The highest BCUT2D eigenvalue weighted by Crippen LogP contribution is 2.25. The lowest BCUT2D eigenvalue weighted by Crippen LogP contribution is -2.33. The zero-order chi connectivity index (χ0) is 18.4. The van der Waals surface area contributed by atoms with Crippen molar-refractivity contribution in [3.8, 4) is 5.75 Å². The number of aliphatic hydroxyl groups is 1. The number of ether oxygens (including phenoxy) is 1. The molecular formula is C20H24FNO3. The molecule has 4 nitrogen and oxygen atoms in total. The summed E-state index contributed by atoms with van der Waals surface area (Å²) in [4.78, 5) is 12.3. The molecule has 1 amide bonds. The van der Waals surface area contributed by atoms with Crippen molar-refractivity contribution in [3.63, 3.8) is 0 Å². The lowest BCUT2D eigenvalue weighted by molar-refractivity contribution is -0.124. The fourth-order valence-electron chi connectivity index (χ4n) is 2.46. The van der Waals surface area contributed by atoms with Crippen LogP contribution in [0.4, 0.5) is 4.39 Å². The van der Waals surface area contributed by atoms with Crippen molar-refractivity contribution in [2.24, 2.45) is 5.92 Å². The van der Waals surface area contributed by atoms with Gasteiger partial charge in [-0.15, -0.1) is 0 Å². The maximum absolute atomic E-state index is 13.2. The first-order chi connectivity index (χ1) is 11.9. The van der Waals surface area contributed by atoms with E-state index in [0.717, 1.165) is 11.1 Å². The van der Waals surface area contributed by atoms with Crippen LogP contribution in [-0.4, -0.2) is 24.2 Å². The van der Waals surface area contributed by atoms with Crippen LogP contribution < -0.4 is 10.1 Å². The Morgan fingerprint density at radius 2 is 1.60 bits per heavy atom. The van der Waals surface area contributed by atoms with Gasteiger partial charge in [-0.1, -0.05) is 38.1 Å². The van der Waals surface area contributed by atoms with Gasteiger partial charge in [0.05, 0.1) is 25.7 Å². The molecular weight excluding hydrogens is 321 g/mol. The van der Waals surface area contributed by atoms with Crippen LogP contribution in [0.15, 0.2) is 48.5 Å². The summed E-state index contributed by atoms with van der Waals surface area (Å²) in [5.74, 6) is 0.115. The first kappa shape index (κ1) is 18.9. The molecule has 0 aliphatic carbocycles.